The Balaban J connectivity index is 1.82. The molecule has 1 fully saturated rings. The SMILES string of the molecule is Cc1ccc(OCC(=O)NC2(CN)CCCC2)cc1. The van der Waals surface area contributed by atoms with E-state index in [4.69, 9.17) is 10.5 Å². The van der Waals surface area contributed by atoms with Crippen LogP contribution in [-0.2, 0) is 4.79 Å². The monoisotopic (exact) mass is 262 g/mol. The van der Waals surface area contributed by atoms with Crippen LogP contribution in [0.1, 0.15) is 31.2 Å². The molecule has 0 heterocycles. The minimum absolute atomic E-state index is 0.0464. The number of rotatable bonds is 5. The molecule has 0 atom stereocenters. The Bertz CT molecular complexity index is 422. The van der Waals surface area contributed by atoms with Crippen LogP contribution in [-0.4, -0.2) is 24.6 Å². The molecule has 0 bridgehead atoms. The predicted molar refractivity (Wildman–Crippen MR) is 75.1 cm³/mol. The zero-order chi connectivity index (χ0) is 13.7. The summed E-state index contributed by atoms with van der Waals surface area (Å²) in [5.74, 6) is 0.627. The van der Waals surface area contributed by atoms with Gasteiger partial charge in [0, 0.05) is 6.54 Å². The largest absolute Gasteiger partial charge is 0.484 e. The van der Waals surface area contributed by atoms with E-state index in [2.05, 4.69) is 5.32 Å². The zero-order valence-corrected chi connectivity index (χ0v) is 11.4. The fourth-order valence-corrected chi connectivity index (χ4v) is 2.55. The van der Waals surface area contributed by atoms with E-state index < -0.39 is 0 Å². The van der Waals surface area contributed by atoms with Gasteiger partial charge in [0.25, 0.3) is 5.91 Å². The van der Waals surface area contributed by atoms with Crippen LogP contribution in [0.3, 0.4) is 0 Å². The van der Waals surface area contributed by atoms with Gasteiger partial charge in [0.05, 0.1) is 5.54 Å². The Labute approximate surface area is 114 Å². The van der Waals surface area contributed by atoms with Gasteiger partial charge in [-0.3, -0.25) is 4.79 Å². The van der Waals surface area contributed by atoms with Crippen LogP contribution in [0.15, 0.2) is 24.3 Å². The van der Waals surface area contributed by atoms with Gasteiger partial charge in [0.2, 0.25) is 0 Å². The number of aryl methyl sites for hydroxylation is 1. The summed E-state index contributed by atoms with van der Waals surface area (Å²) >= 11 is 0. The highest BCUT2D eigenvalue weighted by Crippen LogP contribution is 2.28. The van der Waals surface area contributed by atoms with E-state index >= 15 is 0 Å². The lowest BCUT2D eigenvalue weighted by atomic mass is 9.98. The molecule has 0 radical (unpaired) electrons. The molecule has 2 rings (SSSR count). The molecule has 104 valence electrons. The number of hydrogen-bond acceptors (Lipinski definition) is 3. The van der Waals surface area contributed by atoms with Crippen LogP contribution in [0.5, 0.6) is 5.75 Å². The van der Waals surface area contributed by atoms with Crippen LogP contribution < -0.4 is 15.8 Å². The lowest BCUT2D eigenvalue weighted by Crippen LogP contribution is -2.52. The number of nitrogens with two attached hydrogens (primary N) is 1. The third-order valence-electron chi connectivity index (χ3n) is 3.75. The van der Waals surface area contributed by atoms with Gasteiger partial charge in [-0.2, -0.15) is 0 Å². The van der Waals surface area contributed by atoms with Crippen molar-refractivity contribution in [3.8, 4) is 5.75 Å². The van der Waals surface area contributed by atoms with Crippen LogP contribution in [0.2, 0.25) is 0 Å². The van der Waals surface area contributed by atoms with Gasteiger partial charge >= 0.3 is 0 Å². The summed E-state index contributed by atoms with van der Waals surface area (Å²) in [7, 11) is 0. The van der Waals surface area contributed by atoms with Crippen molar-refractivity contribution in [2.24, 2.45) is 5.73 Å². The van der Waals surface area contributed by atoms with Gasteiger partial charge < -0.3 is 15.8 Å². The van der Waals surface area contributed by atoms with Crippen LogP contribution in [0.25, 0.3) is 0 Å². The van der Waals surface area contributed by atoms with E-state index in [9.17, 15) is 4.79 Å². The first kappa shape index (κ1) is 13.9. The Kier molecular flexibility index (Phi) is 4.43. The average Bonchev–Trinajstić information content (AvgIpc) is 2.87. The lowest BCUT2D eigenvalue weighted by molar-refractivity contribution is -0.124. The smallest absolute Gasteiger partial charge is 0.258 e. The Morgan fingerprint density at radius 2 is 1.95 bits per heavy atom. The number of carbonyl (C=O) groups excluding carboxylic acids is 1. The van der Waals surface area contributed by atoms with Crippen LogP contribution in [0, 0.1) is 6.92 Å². The Morgan fingerprint density at radius 1 is 1.32 bits per heavy atom. The molecule has 4 nitrogen and oxygen atoms in total. The molecule has 3 N–H and O–H groups in total. The fourth-order valence-electron chi connectivity index (χ4n) is 2.55. The standard InChI is InChI=1S/C15H22N2O2/c1-12-4-6-13(7-5-12)19-10-14(18)17-15(11-16)8-2-3-9-15/h4-7H,2-3,8-11,16H2,1H3,(H,17,18). The van der Waals surface area contributed by atoms with E-state index in [1.165, 1.54) is 5.56 Å². The first-order valence-corrected chi connectivity index (χ1v) is 6.84. The van der Waals surface area contributed by atoms with Gasteiger partial charge in [0.15, 0.2) is 6.61 Å². The van der Waals surface area contributed by atoms with Crippen molar-refractivity contribution in [1.82, 2.24) is 5.32 Å². The topological polar surface area (TPSA) is 64.3 Å². The predicted octanol–water partition coefficient (Wildman–Crippen LogP) is 1.76. The molecule has 1 aliphatic carbocycles. The molecule has 0 unspecified atom stereocenters. The summed E-state index contributed by atoms with van der Waals surface area (Å²) in [6.45, 7) is 2.57. The van der Waals surface area contributed by atoms with Crippen molar-refractivity contribution in [3.05, 3.63) is 29.8 Å². The van der Waals surface area contributed by atoms with E-state index in [1.54, 1.807) is 0 Å². The van der Waals surface area contributed by atoms with Crippen molar-refractivity contribution >= 4 is 5.91 Å². The second kappa shape index (κ2) is 6.06. The highest BCUT2D eigenvalue weighted by Gasteiger charge is 2.33. The van der Waals surface area contributed by atoms with E-state index in [0.717, 1.165) is 25.7 Å². The number of hydrogen-bond donors (Lipinski definition) is 2. The Morgan fingerprint density at radius 3 is 2.53 bits per heavy atom. The molecule has 4 heteroatoms. The fraction of sp³-hybridized carbons (Fsp3) is 0.533. The molecule has 1 amide bonds. The summed E-state index contributed by atoms with van der Waals surface area (Å²) in [5.41, 5.74) is 6.76. The number of carbonyl (C=O) groups is 1. The summed E-state index contributed by atoms with van der Waals surface area (Å²) < 4.78 is 5.47. The molecule has 1 saturated carbocycles. The zero-order valence-electron chi connectivity index (χ0n) is 11.4. The number of amides is 1. The molecule has 19 heavy (non-hydrogen) atoms. The van der Waals surface area contributed by atoms with Crippen molar-refractivity contribution in [1.29, 1.82) is 0 Å². The highest BCUT2D eigenvalue weighted by atomic mass is 16.5. The third kappa shape index (κ3) is 3.70. The van der Waals surface area contributed by atoms with E-state index in [-0.39, 0.29) is 18.1 Å². The third-order valence-corrected chi connectivity index (χ3v) is 3.75. The second-order valence-electron chi connectivity index (χ2n) is 5.34. The number of ether oxygens (including phenoxy) is 1. The van der Waals surface area contributed by atoms with Gasteiger partial charge in [-0.05, 0) is 31.9 Å². The van der Waals surface area contributed by atoms with E-state index in [1.807, 2.05) is 31.2 Å². The second-order valence-corrected chi connectivity index (χ2v) is 5.34. The first-order chi connectivity index (χ1) is 9.13. The van der Waals surface area contributed by atoms with Crippen molar-refractivity contribution in [2.75, 3.05) is 13.2 Å². The van der Waals surface area contributed by atoms with Crippen molar-refractivity contribution in [3.63, 3.8) is 0 Å². The molecule has 1 aromatic carbocycles. The molecule has 0 spiro atoms. The summed E-state index contributed by atoms with van der Waals surface area (Å²) in [6.07, 6.45) is 4.21. The molecular weight excluding hydrogens is 240 g/mol. The molecule has 0 aliphatic heterocycles. The van der Waals surface area contributed by atoms with Crippen LogP contribution in [0.4, 0.5) is 0 Å². The van der Waals surface area contributed by atoms with Gasteiger partial charge in [0.1, 0.15) is 5.75 Å². The van der Waals surface area contributed by atoms with Gasteiger partial charge in [-0.15, -0.1) is 0 Å². The van der Waals surface area contributed by atoms with Crippen molar-refractivity contribution in [2.45, 2.75) is 38.1 Å². The summed E-state index contributed by atoms with van der Waals surface area (Å²) in [6, 6.07) is 7.67. The molecule has 0 aromatic heterocycles. The maximum absolute atomic E-state index is 11.9. The number of nitrogens with one attached hydrogen (secondary N) is 1. The lowest BCUT2D eigenvalue weighted by Gasteiger charge is -2.28. The van der Waals surface area contributed by atoms with E-state index in [0.29, 0.717) is 12.3 Å². The maximum Gasteiger partial charge on any atom is 0.258 e. The van der Waals surface area contributed by atoms with Gasteiger partial charge in [-0.25, -0.2) is 0 Å². The molecule has 1 aliphatic rings. The minimum atomic E-state index is -0.201. The molecule has 1 aromatic rings. The number of benzene rings is 1. The quantitative estimate of drug-likeness (QED) is 0.850. The summed E-state index contributed by atoms with van der Waals surface area (Å²) in [5, 5.41) is 3.03. The average molecular weight is 262 g/mol. The normalized spacial score (nSPS) is 17.2. The minimum Gasteiger partial charge on any atom is -0.484 e. The maximum atomic E-state index is 11.9. The molecular formula is C15H22N2O2. The molecule has 0 saturated heterocycles. The van der Waals surface area contributed by atoms with Gasteiger partial charge in [-0.1, -0.05) is 30.5 Å². The highest BCUT2D eigenvalue weighted by molar-refractivity contribution is 5.78. The first-order valence-electron chi connectivity index (χ1n) is 6.84. The van der Waals surface area contributed by atoms with Crippen LogP contribution >= 0.6 is 0 Å². The summed E-state index contributed by atoms with van der Waals surface area (Å²) in [4.78, 5) is 11.9. The van der Waals surface area contributed by atoms with Crippen molar-refractivity contribution < 1.29 is 9.53 Å². The Hall–Kier alpha value is -1.55.